The lowest BCUT2D eigenvalue weighted by atomic mass is 10.0. The number of hydrogen-bond acceptors (Lipinski definition) is 2. The van der Waals surface area contributed by atoms with Gasteiger partial charge in [0, 0.05) is 45.1 Å². The molecular formula is C15H17F3N2O. The summed E-state index contributed by atoms with van der Waals surface area (Å²) in [5, 5.41) is 0.501. The van der Waals surface area contributed by atoms with Crippen LogP contribution in [0.2, 0.25) is 0 Å². The molecule has 0 amide bonds. The molecule has 0 saturated carbocycles. The third-order valence-corrected chi connectivity index (χ3v) is 3.63. The Morgan fingerprint density at radius 3 is 2.86 bits per heavy atom. The Morgan fingerprint density at radius 2 is 2.05 bits per heavy atom. The number of aromatic nitrogens is 1. The highest BCUT2D eigenvalue weighted by molar-refractivity contribution is 5.83. The third-order valence-electron chi connectivity index (χ3n) is 3.63. The molecule has 1 unspecified atom stereocenters. The van der Waals surface area contributed by atoms with E-state index in [1.807, 2.05) is 0 Å². The maximum atomic E-state index is 13.8. The predicted molar refractivity (Wildman–Crippen MR) is 74.1 cm³/mol. The first kappa shape index (κ1) is 12.1. The first-order chi connectivity index (χ1) is 10.8. The maximum Gasteiger partial charge on any atom is 0.408 e. The van der Waals surface area contributed by atoms with Crippen molar-refractivity contribution in [1.82, 2.24) is 9.88 Å². The van der Waals surface area contributed by atoms with E-state index in [1.54, 1.807) is 24.3 Å². The lowest BCUT2D eigenvalue weighted by Crippen LogP contribution is -2.39. The summed E-state index contributed by atoms with van der Waals surface area (Å²) < 4.78 is 62.0. The van der Waals surface area contributed by atoms with Crippen LogP contribution in [0.25, 0.3) is 10.9 Å². The average molecular weight is 300 g/mol. The van der Waals surface area contributed by atoms with Crippen LogP contribution in [0.4, 0.5) is 13.2 Å². The Labute approximate surface area is 123 Å². The second kappa shape index (κ2) is 5.69. The van der Waals surface area contributed by atoms with Crippen molar-refractivity contribution < 1.29 is 20.6 Å². The number of alkyl halides is 3. The molecule has 6 heteroatoms. The van der Waals surface area contributed by atoms with Gasteiger partial charge in [0.05, 0.1) is 6.61 Å². The number of nitrogens with zero attached hydrogens (tertiary/aromatic N) is 1. The van der Waals surface area contributed by atoms with Gasteiger partial charge >= 0.3 is 6.18 Å². The summed E-state index contributed by atoms with van der Waals surface area (Å²) >= 11 is 0. The smallest absolute Gasteiger partial charge is 0.380 e. The second-order valence-corrected chi connectivity index (χ2v) is 5.01. The van der Waals surface area contributed by atoms with Crippen molar-refractivity contribution in [3.63, 3.8) is 0 Å². The van der Waals surface area contributed by atoms with E-state index < -0.39 is 18.6 Å². The molecule has 1 fully saturated rings. The van der Waals surface area contributed by atoms with Gasteiger partial charge in [0.15, 0.2) is 0 Å². The highest BCUT2D eigenvalue weighted by Crippen LogP contribution is 2.40. The summed E-state index contributed by atoms with van der Waals surface area (Å²) in [6, 6.07) is 4.94. The van der Waals surface area contributed by atoms with Gasteiger partial charge in [-0.25, -0.2) is 0 Å². The van der Waals surface area contributed by atoms with Crippen LogP contribution in [0.3, 0.4) is 0 Å². The van der Waals surface area contributed by atoms with Gasteiger partial charge in [0.1, 0.15) is 6.04 Å². The Hall–Kier alpha value is -1.53. The van der Waals surface area contributed by atoms with Crippen molar-refractivity contribution in [2.75, 3.05) is 26.3 Å². The number of H-pyrrole nitrogens is 1. The van der Waals surface area contributed by atoms with Crippen molar-refractivity contribution in [3.8, 4) is 0 Å². The van der Waals surface area contributed by atoms with E-state index in [1.165, 1.54) is 6.20 Å². The number of hydrogen-bond donors (Lipinski definition) is 1. The predicted octanol–water partition coefficient (Wildman–Crippen LogP) is 3.49. The van der Waals surface area contributed by atoms with E-state index in [4.69, 9.17) is 7.48 Å². The van der Waals surface area contributed by atoms with Crippen LogP contribution < -0.4 is 0 Å². The van der Waals surface area contributed by atoms with Crippen LogP contribution in [-0.4, -0.2) is 42.4 Å². The second-order valence-electron chi connectivity index (χ2n) is 5.01. The number of para-hydroxylation sites is 1. The maximum absolute atomic E-state index is 13.8. The molecule has 2 heterocycles. The molecule has 2 aromatic rings. The molecule has 0 spiro atoms. The van der Waals surface area contributed by atoms with Gasteiger partial charge in [-0.3, -0.25) is 4.90 Å². The number of halogens is 3. The zero-order chi connectivity index (χ0) is 16.7. The average Bonchev–Trinajstić information content (AvgIpc) is 2.77. The SMILES string of the molecule is [2H]C1([2H])COCCN(C(c2c[nH]c3ccccc23)C(F)(F)F)C1. The Kier molecular flexibility index (Phi) is 3.27. The van der Waals surface area contributed by atoms with Crippen LogP contribution in [0.5, 0.6) is 0 Å². The first-order valence-electron chi connectivity index (χ1n) is 7.72. The molecule has 3 nitrogen and oxygen atoms in total. The van der Waals surface area contributed by atoms with Gasteiger partial charge < -0.3 is 9.72 Å². The molecule has 1 aliphatic heterocycles. The van der Waals surface area contributed by atoms with Gasteiger partial charge in [-0.15, -0.1) is 0 Å². The van der Waals surface area contributed by atoms with Crippen LogP contribution in [-0.2, 0) is 4.74 Å². The molecular weight excluding hydrogens is 281 g/mol. The molecule has 21 heavy (non-hydrogen) atoms. The number of nitrogens with one attached hydrogen (secondary N) is 1. The largest absolute Gasteiger partial charge is 0.408 e. The number of rotatable bonds is 2. The number of aromatic amines is 1. The summed E-state index contributed by atoms with van der Waals surface area (Å²) in [6.45, 7) is -0.406. The lowest BCUT2D eigenvalue weighted by Gasteiger charge is -2.31. The van der Waals surface area contributed by atoms with Gasteiger partial charge in [0.2, 0.25) is 0 Å². The molecule has 3 rings (SSSR count). The third kappa shape index (κ3) is 2.91. The Bertz CT molecular complexity index is 687. The fraction of sp³-hybridized carbons (Fsp3) is 0.467. The normalized spacial score (nSPS) is 23.4. The van der Waals surface area contributed by atoms with Crippen molar-refractivity contribution in [2.45, 2.75) is 18.6 Å². The molecule has 1 aliphatic rings. The lowest BCUT2D eigenvalue weighted by molar-refractivity contribution is -0.186. The fourth-order valence-corrected chi connectivity index (χ4v) is 2.72. The molecule has 1 N–H and O–H groups in total. The highest BCUT2D eigenvalue weighted by Gasteiger charge is 2.45. The van der Waals surface area contributed by atoms with E-state index in [-0.39, 0.29) is 31.9 Å². The fourth-order valence-electron chi connectivity index (χ4n) is 2.72. The summed E-state index contributed by atoms with van der Waals surface area (Å²) in [7, 11) is 0. The molecule has 0 radical (unpaired) electrons. The molecule has 1 aromatic carbocycles. The summed E-state index contributed by atoms with van der Waals surface area (Å²) in [6.07, 6.45) is -4.96. The van der Waals surface area contributed by atoms with Crippen LogP contribution >= 0.6 is 0 Å². The van der Waals surface area contributed by atoms with Crippen molar-refractivity contribution in [3.05, 3.63) is 36.0 Å². The van der Waals surface area contributed by atoms with E-state index >= 15 is 0 Å². The van der Waals surface area contributed by atoms with Gasteiger partial charge in [0.25, 0.3) is 0 Å². The molecule has 0 aliphatic carbocycles. The zero-order valence-corrected chi connectivity index (χ0v) is 11.3. The van der Waals surface area contributed by atoms with Gasteiger partial charge in [-0.05, 0) is 12.4 Å². The van der Waals surface area contributed by atoms with E-state index in [0.717, 1.165) is 4.90 Å². The van der Waals surface area contributed by atoms with Crippen LogP contribution in [0.1, 0.15) is 20.7 Å². The molecule has 1 aromatic heterocycles. The molecule has 1 saturated heterocycles. The summed E-state index contributed by atoms with van der Waals surface area (Å²) in [5.41, 5.74) is 0.747. The van der Waals surface area contributed by atoms with Crippen molar-refractivity contribution >= 4 is 10.9 Å². The van der Waals surface area contributed by atoms with Crippen LogP contribution in [0, 0.1) is 0 Å². The Morgan fingerprint density at radius 1 is 1.24 bits per heavy atom. The monoisotopic (exact) mass is 300 g/mol. The van der Waals surface area contributed by atoms with Crippen LogP contribution in [0.15, 0.2) is 30.5 Å². The minimum Gasteiger partial charge on any atom is -0.380 e. The van der Waals surface area contributed by atoms with Gasteiger partial charge in [-0.2, -0.15) is 13.2 Å². The topological polar surface area (TPSA) is 28.3 Å². The number of benzene rings is 1. The standard InChI is InChI=1S/C15H17F3N2O/c16-15(17,18)14(20-6-3-8-21-9-7-20)12-10-19-13-5-2-1-4-11(12)13/h1-2,4-5,10,14,19H,3,6-9H2/i3D2. The molecule has 1 atom stereocenters. The minimum absolute atomic E-state index is 0.0309. The van der Waals surface area contributed by atoms with E-state index in [9.17, 15) is 13.2 Å². The quantitative estimate of drug-likeness (QED) is 0.919. The van der Waals surface area contributed by atoms with Gasteiger partial charge in [-0.1, -0.05) is 18.2 Å². The summed E-state index contributed by atoms with van der Waals surface area (Å²) in [5.74, 6) is 0. The summed E-state index contributed by atoms with van der Waals surface area (Å²) in [4.78, 5) is 3.99. The highest BCUT2D eigenvalue weighted by atomic mass is 19.4. The van der Waals surface area contributed by atoms with E-state index in [0.29, 0.717) is 10.9 Å². The van der Waals surface area contributed by atoms with Crippen molar-refractivity contribution in [1.29, 1.82) is 0 Å². The molecule has 0 bridgehead atoms. The zero-order valence-electron chi connectivity index (χ0n) is 13.3. The minimum atomic E-state index is -4.51. The van der Waals surface area contributed by atoms with Crippen molar-refractivity contribution in [2.24, 2.45) is 0 Å². The number of fused-ring (bicyclic) bond motifs is 1. The molecule has 114 valence electrons. The Balaban J connectivity index is 2.04. The first-order valence-corrected chi connectivity index (χ1v) is 6.72. The number of ether oxygens (including phenoxy) is 1. The van der Waals surface area contributed by atoms with E-state index in [2.05, 4.69) is 4.98 Å².